The van der Waals surface area contributed by atoms with Crippen molar-refractivity contribution in [2.75, 3.05) is 31.6 Å². The summed E-state index contributed by atoms with van der Waals surface area (Å²) in [4.78, 5) is 27.3. The number of thiophene rings is 1. The standard InChI is InChI=1S/C18H20N2O3S/c1-13(21)16-6-7-17(24-16)18(22)19-15-5-3-2-4-14(15)12-20-8-10-23-11-9-20/h2-7H,8-12H2,1H3,(H,19,22). The summed E-state index contributed by atoms with van der Waals surface area (Å²) in [6.45, 7) is 5.58. The van der Waals surface area contributed by atoms with Crippen molar-refractivity contribution < 1.29 is 14.3 Å². The maximum Gasteiger partial charge on any atom is 0.265 e. The van der Waals surface area contributed by atoms with Gasteiger partial charge in [0, 0.05) is 25.3 Å². The van der Waals surface area contributed by atoms with Crippen LogP contribution in [0, 0.1) is 0 Å². The summed E-state index contributed by atoms with van der Waals surface area (Å²) in [5, 5.41) is 2.97. The van der Waals surface area contributed by atoms with Crippen molar-refractivity contribution in [2.45, 2.75) is 13.5 Å². The maximum absolute atomic E-state index is 12.4. The van der Waals surface area contributed by atoms with E-state index in [0.717, 1.165) is 44.1 Å². The Hall–Kier alpha value is -2.02. The number of ether oxygens (including phenoxy) is 1. The number of nitrogens with one attached hydrogen (secondary N) is 1. The van der Waals surface area contributed by atoms with Gasteiger partial charge in [-0.2, -0.15) is 0 Å². The molecular formula is C18H20N2O3S. The zero-order chi connectivity index (χ0) is 16.9. The van der Waals surface area contributed by atoms with Crippen molar-refractivity contribution in [3.8, 4) is 0 Å². The number of anilines is 1. The van der Waals surface area contributed by atoms with Gasteiger partial charge in [0.25, 0.3) is 5.91 Å². The number of carbonyl (C=O) groups is 2. The Morgan fingerprint density at radius 3 is 2.54 bits per heavy atom. The molecule has 1 N–H and O–H groups in total. The van der Waals surface area contributed by atoms with Gasteiger partial charge in [0.15, 0.2) is 5.78 Å². The molecule has 1 saturated heterocycles. The molecule has 0 unspecified atom stereocenters. The van der Waals surface area contributed by atoms with Crippen LogP contribution in [0.15, 0.2) is 36.4 Å². The van der Waals surface area contributed by atoms with Gasteiger partial charge in [-0.05, 0) is 30.7 Å². The van der Waals surface area contributed by atoms with Crippen LogP contribution in [0.2, 0.25) is 0 Å². The van der Waals surface area contributed by atoms with E-state index in [9.17, 15) is 9.59 Å². The van der Waals surface area contributed by atoms with E-state index in [1.807, 2.05) is 24.3 Å². The Balaban J connectivity index is 1.71. The Morgan fingerprint density at radius 1 is 1.12 bits per heavy atom. The van der Waals surface area contributed by atoms with E-state index < -0.39 is 0 Å². The smallest absolute Gasteiger partial charge is 0.265 e. The lowest BCUT2D eigenvalue weighted by atomic mass is 10.1. The number of Topliss-reactive ketones (excluding diaryl/α,β-unsaturated/α-hetero) is 1. The SMILES string of the molecule is CC(=O)c1ccc(C(=O)Nc2ccccc2CN2CCOCC2)s1. The maximum atomic E-state index is 12.4. The molecule has 0 saturated carbocycles. The molecule has 2 heterocycles. The first-order valence-electron chi connectivity index (χ1n) is 7.93. The van der Waals surface area contributed by atoms with E-state index in [2.05, 4.69) is 10.2 Å². The third-order valence-corrected chi connectivity index (χ3v) is 5.12. The summed E-state index contributed by atoms with van der Waals surface area (Å²) in [6, 6.07) is 11.2. The monoisotopic (exact) mass is 344 g/mol. The summed E-state index contributed by atoms with van der Waals surface area (Å²) < 4.78 is 5.37. The third-order valence-electron chi connectivity index (χ3n) is 3.94. The summed E-state index contributed by atoms with van der Waals surface area (Å²) in [5.74, 6) is -0.200. The molecule has 0 radical (unpaired) electrons. The van der Waals surface area contributed by atoms with Crippen LogP contribution >= 0.6 is 11.3 Å². The van der Waals surface area contributed by atoms with E-state index in [4.69, 9.17) is 4.74 Å². The van der Waals surface area contributed by atoms with Gasteiger partial charge in [0.1, 0.15) is 0 Å². The van der Waals surface area contributed by atoms with Crippen LogP contribution < -0.4 is 5.32 Å². The minimum atomic E-state index is -0.179. The zero-order valence-electron chi connectivity index (χ0n) is 13.6. The molecule has 1 aliphatic heterocycles. The Morgan fingerprint density at radius 2 is 1.83 bits per heavy atom. The fourth-order valence-corrected chi connectivity index (χ4v) is 3.41. The van der Waals surface area contributed by atoms with Crippen molar-refractivity contribution in [3.63, 3.8) is 0 Å². The number of hydrogen-bond acceptors (Lipinski definition) is 5. The summed E-state index contributed by atoms with van der Waals surface area (Å²) >= 11 is 1.22. The highest BCUT2D eigenvalue weighted by Gasteiger charge is 2.16. The van der Waals surface area contributed by atoms with Crippen LogP contribution in [0.1, 0.15) is 31.8 Å². The Labute approximate surface area is 145 Å². The highest BCUT2D eigenvalue weighted by Crippen LogP contribution is 2.22. The molecule has 1 amide bonds. The molecule has 1 aliphatic rings. The normalized spacial score (nSPS) is 15.2. The lowest BCUT2D eigenvalue weighted by Crippen LogP contribution is -2.35. The van der Waals surface area contributed by atoms with Crippen LogP contribution in [0.3, 0.4) is 0 Å². The number of morpholine rings is 1. The second kappa shape index (κ2) is 7.70. The van der Waals surface area contributed by atoms with Crippen molar-refractivity contribution in [2.24, 2.45) is 0 Å². The molecule has 0 atom stereocenters. The summed E-state index contributed by atoms with van der Waals surface area (Å²) in [6.07, 6.45) is 0. The zero-order valence-corrected chi connectivity index (χ0v) is 14.4. The van der Waals surface area contributed by atoms with Crippen LogP contribution in [-0.2, 0) is 11.3 Å². The fraction of sp³-hybridized carbons (Fsp3) is 0.333. The number of hydrogen-bond donors (Lipinski definition) is 1. The molecule has 0 bridgehead atoms. The molecule has 0 aliphatic carbocycles. The van der Waals surface area contributed by atoms with Gasteiger partial charge in [-0.1, -0.05) is 18.2 Å². The number of amides is 1. The molecule has 2 aromatic rings. The predicted molar refractivity (Wildman–Crippen MR) is 94.8 cm³/mol. The van der Waals surface area contributed by atoms with Crippen LogP contribution in [0.4, 0.5) is 5.69 Å². The van der Waals surface area contributed by atoms with Crippen LogP contribution in [-0.4, -0.2) is 42.9 Å². The van der Waals surface area contributed by atoms with Gasteiger partial charge >= 0.3 is 0 Å². The molecule has 1 aromatic carbocycles. The topological polar surface area (TPSA) is 58.6 Å². The lowest BCUT2D eigenvalue weighted by Gasteiger charge is -2.27. The molecular weight excluding hydrogens is 324 g/mol. The second-order valence-corrected chi connectivity index (χ2v) is 6.80. The number of benzene rings is 1. The molecule has 0 spiro atoms. The highest BCUT2D eigenvalue weighted by molar-refractivity contribution is 7.16. The minimum Gasteiger partial charge on any atom is -0.379 e. The van der Waals surface area contributed by atoms with E-state index in [-0.39, 0.29) is 11.7 Å². The average Bonchev–Trinajstić information content (AvgIpc) is 3.08. The van der Waals surface area contributed by atoms with Crippen molar-refractivity contribution in [3.05, 3.63) is 51.7 Å². The number of rotatable bonds is 5. The van der Waals surface area contributed by atoms with Gasteiger partial charge in [-0.25, -0.2) is 0 Å². The first-order valence-corrected chi connectivity index (χ1v) is 8.75. The molecule has 24 heavy (non-hydrogen) atoms. The molecule has 126 valence electrons. The number of carbonyl (C=O) groups excluding carboxylic acids is 2. The summed E-state index contributed by atoms with van der Waals surface area (Å²) in [5.41, 5.74) is 1.89. The summed E-state index contributed by atoms with van der Waals surface area (Å²) in [7, 11) is 0. The Bertz CT molecular complexity index is 735. The number of para-hydroxylation sites is 1. The predicted octanol–water partition coefficient (Wildman–Crippen LogP) is 3.04. The first kappa shape index (κ1) is 16.8. The molecule has 3 rings (SSSR count). The van der Waals surface area contributed by atoms with Gasteiger partial charge < -0.3 is 10.1 Å². The third kappa shape index (κ3) is 4.08. The Kier molecular flexibility index (Phi) is 5.40. The minimum absolute atomic E-state index is 0.0215. The lowest BCUT2D eigenvalue weighted by molar-refractivity contribution is 0.0342. The molecule has 1 fully saturated rings. The first-order chi connectivity index (χ1) is 11.6. The number of nitrogens with zero attached hydrogens (tertiary/aromatic N) is 1. The van der Waals surface area contributed by atoms with Gasteiger partial charge in [0.2, 0.25) is 0 Å². The second-order valence-electron chi connectivity index (χ2n) is 5.72. The van der Waals surface area contributed by atoms with Gasteiger partial charge in [-0.15, -0.1) is 11.3 Å². The highest BCUT2D eigenvalue weighted by atomic mass is 32.1. The number of ketones is 1. The quantitative estimate of drug-likeness (QED) is 0.847. The molecule has 5 nitrogen and oxygen atoms in total. The van der Waals surface area contributed by atoms with Crippen molar-refractivity contribution in [1.82, 2.24) is 4.90 Å². The average molecular weight is 344 g/mol. The van der Waals surface area contributed by atoms with E-state index in [0.29, 0.717) is 9.75 Å². The largest absolute Gasteiger partial charge is 0.379 e. The molecule has 6 heteroatoms. The van der Waals surface area contributed by atoms with E-state index >= 15 is 0 Å². The van der Waals surface area contributed by atoms with E-state index in [1.165, 1.54) is 18.3 Å². The van der Waals surface area contributed by atoms with Crippen molar-refractivity contribution in [1.29, 1.82) is 0 Å². The van der Waals surface area contributed by atoms with Crippen molar-refractivity contribution >= 4 is 28.7 Å². The van der Waals surface area contributed by atoms with Gasteiger partial charge in [-0.3, -0.25) is 14.5 Å². The van der Waals surface area contributed by atoms with E-state index in [1.54, 1.807) is 12.1 Å². The van der Waals surface area contributed by atoms with Crippen LogP contribution in [0.5, 0.6) is 0 Å². The fourth-order valence-electron chi connectivity index (χ4n) is 2.61. The molecule has 1 aromatic heterocycles. The van der Waals surface area contributed by atoms with Gasteiger partial charge in [0.05, 0.1) is 23.0 Å². The van der Waals surface area contributed by atoms with Crippen LogP contribution in [0.25, 0.3) is 0 Å².